The molecule has 5 atom stereocenters. The number of benzene rings is 2. The standard InChI is InChI=1S/C34H41N5O5/c1-3-37-23-31(40)38-29(20-32(41)42)33(43)36(22-30(38)39(37)34(44)35-21-25-13-6-4-7-14-25)19-18-28(26-15-8-5-9-16-26)27-17-11-10-12-24(27)2/h4-17,24,27-30H,3,18-23H2,1-2H3,(H,35,44)(H,41,42)/t24?,27?,28?,29-,30-/m0/s1. The molecule has 0 spiro atoms. The lowest BCUT2D eigenvalue weighted by Crippen LogP contribution is -2.76. The predicted octanol–water partition coefficient (Wildman–Crippen LogP) is 3.84. The summed E-state index contributed by atoms with van der Waals surface area (Å²) in [5.41, 5.74) is 2.09. The number of fused-ring (bicyclic) bond motifs is 1. The van der Waals surface area contributed by atoms with E-state index in [1.807, 2.05) is 55.5 Å². The zero-order valence-corrected chi connectivity index (χ0v) is 25.3. The average molecular weight is 600 g/mol. The van der Waals surface area contributed by atoms with Gasteiger partial charge in [-0.25, -0.2) is 14.8 Å². The molecule has 232 valence electrons. The van der Waals surface area contributed by atoms with Crippen LogP contribution in [0, 0.1) is 11.8 Å². The lowest BCUT2D eigenvalue weighted by atomic mass is 9.75. The Kier molecular flexibility index (Phi) is 9.79. The van der Waals surface area contributed by atoms with Gasteiger partial charge < -0.3 is 20.2 Å². The van der Waals surface area contributed by atoms with Crippen molar-refractivity contribution in [3.63, 3.8) is 0 Å². The summed E-state index contributed by atoms with van der Waals surface area (Å²) in [5.74, 6) is -1.30. The Labute approximate surface area is 258 Å². The summed E-state index contributed by atoms with van der Waals surface area (Å²) in [6.07, 6.45) is 7.80. The highest BCUT2D eigenvalue weighted by Gasteiger charge is 2.51. The molecule has 2 aromatic rings. The molecule has 5 rings (SSSR count). The number of rotatable bonds is 10. The Hall–Kier alpha value is -4.44. The lowest BCUT2D eigenvalue weighted by molar-refractivity contribution is -0.191. The zero-order chi connectivity index (χ0) is 31.2. The fourth-order valence-corrected chi connectivity index (χ4v) is 6.70. The van der Waals surface area contributed by atoms with Crippen LogP contribution in [0.25, 0.3) is 0 Å². The quantitative estimate of drug-likeness (QED) is 0.429. The van der Waals surface area contributed by atoms with Crippen LogP contribution >= 0.6 is 0 Å². The minimum atomic E-state index is -1.20. The van der Waals surface area contributed by atoms with Crippen LogP contribution in [0.5, 0.6) is 0 Å². The number of allylic oxidation sites excluding steroid dienone is 4. The third-order valence-corrected chi connectivity index (χ3v) is 8.93. The van der Waals surface area contributed by atoms with E-state index in [0.29, 0.717) is 25.4 Å². The number of hydrogen-bond donors (Lipinski definition) is 2. The highest BCUT2D eigenvalue weighted by atomic mass is 16.4. The number of nitrogens with zero attached hydrogens (tertiary/aromatic N) is 4. The number of nitrogens with one attached hydrogen (secondary N) is 1. The van der Waals surface area contributed by atoms with Crippen molar-refractivity contribution in [3.05, 3.63) is 96.1 Å². The Morgan fingerprint density at radius 1 is 1.00 bits per heavy atom. The van der Waals surface area contributed by atoms with Crippen molar-refractivity contribution in [1.29, 1.82) is 0 Å². The molecule has 2 fully saturated rings. The summed E-state index contributed by atoms with van der Waals surface area (Å²) in [6, 6.07) is 18.1. The first-order valence-corrected chi connectivity index (χ1v) is 15.4. The highest BCUT2D eigenvalue weighted by molar-refractivity contribution is 5.93. The second kappa shape index (κ2) is 13.9. The largest absolute Gasteiger partial charge is 0.481 e. The molecule has 2 aromatic carbocycles. The molecule has 4 amide bonds. The van der Waals surface area contributed by atoms with Crippen molar-refractivity contribution >= 4 is 23.8 Å². The smallest absolute Gasteiger partial charge is 0.334 e. The molecule has 44 heavy (non-hydrogen) atoms. The summed E-state index contributed by atoms with van der Waals surface area (Å²) < 4.78 is 0. The van der Waals surface area contributed by atoms with Crippen LogP contribution < -0.4 is 5.32 Å². The molecule has 3 aliphatic rings. The average Bonchev–Trinajstić information content (AvgIpc) is 3.03. The van der Waals surface area contributed by atoms with Gasteiger partial charge >= 0.3 is 12.0 Å². The van der Waals surface area contributed by atoms with Crippen molar-refractivity contribution < 1.29 is 24.3 Å². The molecule has 3 unspecified atom stereocenters. The number of hydrogen-bond acceptors (Lipinski definition) is 5. The minimum absolute atomic E-state index is 0.0907. The van der Waals surface area contributed by atoms with E-state index >= 15 is 0 Å². The van der Waals surface area contributed by atoms with Crippen LogP contribution in [-0.2, 0) is 20.9 Å². The molecule has 0 bridgehead atoms. The van der Waals surface area contributed by atoms with Crippen molar-refractivity contribution in [2.45, 2.75) is 51.4 Å². The molecule has 10 nitrogen and oxygen atoms in total. The van der Waals surface area contributed by atoms with Crippen molar-refractivity contribution in [1.82, 2.24) is 25.1 Å². The number of carbonyl (C=O) groups excluding carboxylic acids is 3. The summed E-state index contributed by atoms with van der Waals surface area (Å²) in [7, 11) is 0. The van der Waals surface area contributed by atoms with Crippen molar-refractivity contribution in [3.8, 4) is 0 Å². The van der Waals surface area contributed by atoms with Gasteiger partial charge in [0.05, 0.1) is 19.5 Å². The Balaban J connectivity index is 1.42. The first-order valence-electron chi connectivity index (χ1n) is 15.4. The number of aliphatic carboxylic acids is 1. The Morgan fingerprint density at radius 3 is 2.34 bits per heavy atom. The van der Waals surface area contributed by atoms with E-state index in [4.69, 9.17) is 0 Å². The van der Waals surface area contributed by atoms with Crippen molar-refractivity contribution in [2.24, 2.45) is 11.8 Å². The number of likely N-dealkylation sites (N-methyl/N-ethyl adjacent to an activating group) is 1. The van der Waals surface area contributed by atoms with Gasteiger partial charge in [0.1, 0.15) is 12.2 Å². The topological polar surface area (TPSA) is 114 Å². The summed E-state index contributed by atoms with van der Waals surface area (Å²) >= 11 is 0. The molecular formula is C34H41N5O5. The fraction of sp³-hybridized carbons (Fsp3) is 0.412. The van der Waals surface area contributed by atoms with Gasteiger partial charge in [0.25, 0.3) is 0 Å². The van der Waals surface area contributed by atoms with Crippen LogP contribution in [-0.4, -0.2) is 87.1 Å². The molecule has 0 radical (unpaired) electrons. The molecule has 1 aliphatic carbocycles. The van der Waals surface area contributed by atoms with Gasteiger partial charge in [0.15, 0.2) is 0 Å². The highest BCUT2D eigenvalue weighted by Crippen LogP contribution is 2.37. The molecule has 0 saturated carbocycles. The third kappa shape index (κ3) is 6.70. The van der Waals surface area contributed by atoms with Crippen LogP contribution in [0.2, 0.25) is 0 Å². The normalized spacial score (nSPS) is 24.3. The molecule has 2 heterocycles. The van der Waals surface area contributed by atoms with E-state index in [9.17, 15) is 24.3 Å². The van der Waals surface area contributed by atoms with Crippen LogP contribution in [0.4, 0.5) is 4.79 Å². The lowest BCUT2D eigenvalue weighted by Gasteiger charge is -2.55. The van der Waals surface area contributed by atoms with Crippen LogP contribution in [0.3, 0.4) is 0 Å². The van der Waals surface area contributed by atoms with Gasteiger partial charge in [-0.1, -0.05) is 98.8 Å². The fourth-order valence-electron chi connectivity index (χ4n) is 6.70. The van der Waals surface area contributed by atoms with E-state index in [-0.39, 0.29) is 37.4 Å². The molecule has 0 aromatic heterocycles. The first-order chi connectivity index (χ1) is 21.3. The number of carboxylic acid groups (broad SMARTS) is 1. The van der Waals surface area contributed by atoms with Crippen LogP contribution in [0.1, 0.15) is 43.7 Å². The van der Waals surface area contributed by atoms with Gasteiger partial charge in [-0.05, 0) is 35.3 Å². The summed E-state index contributed by atoms with van der Waals surface area (Å²) in [4.78, 5) is 56.0. The third-order valence-electron chi connectivity index (χ3n) is 8.93. The minimum Gasteiger partial charge on any atom is -0.481 e. The van der Waals surface area contributed by atoms with E-state index in [1.165, 1.54) is 15.5 Å². The molecule has 2 aliphatic heterocycles. The van der Waals surface area contributed by atoms with Gasteiger partial charge in [-0.2, -0.15) is 0 Å². The van der Waals surface area contributed by atoms with E-state index in [2.05, 4.69) is 48.7 Å². The Morgan fingerprint density at radius 2 is 1.68 bits per heavy atom. The van der Waals surface area contributed by atoms with Gasteiger partial charge in [0, 0.05) is 19.6 Å². The maximum absolute atomic E-state index is 13.9. The first kappa shape index (κ1) is 31.0. The van der Waals surface area contributed by atoms with Crippen molar-refractivity contribution in [2.75, 3.05) is 26.2 Å². The maximum Gasteiger partial charge on any atom is 0.334 e. The van der Waals surface area contributed by atoms with E-state index in [1.54, 1.807) is 9.91 Å². The number of urea groups is 1. The monoisotopic (exact) mass is 599 g/mol. The summed E-state index contributed by atoms with van der Waals surface area (Å²) in [6.45, 7) is 5.06. The molecule has 2 N–H and O–H groups in total. The Bertz CT molecular complexity index is 1400. The van der Waals surface area contributed by atoms with Crippen LogP contribution in [0.15, 0.2) is 85.0 Å². The number of hydrazine groups is 1. The zero-order valence-electron chi connectivity index (χ0n) is 25.3. The van der Waals surface area contributed by atoms with Gasteiger partial charge in [-0.15, -0.1) is 0 Å². The number of amides is 4. The SMILES string of the molecule is CCN1CC(=O)N2[C@@H](CC(=O)O)C(=O)N(CCC(c3ccccc3)C3C=CC=CC3C)C[C@@H]2N1C(=O)NCc1ccccc1. The molecular weight excluding hydrogens is 558 g/mol. The number of carbonyl (C=O) groups is 4. The second-order valence-electron chi connectivity index (χ2n) is 11.7. The second-order valence-corrected chi connectivity index (χ2v) is 11.7. The number of piperazine rings is 1. The molecule has 2 saturated heterocycles. The van der Waals surface area contributed by atoms with E-state index < -0.39 is 36.5 Å². The van der Waals surface area contributed by atoms with Gasteiger partial charge in [-0.3, -0.25) is 14.4 Å². The van der Waals surface area contributed by atoms with E-state index in [0.717, 1.165) is 5.56 Å². The molecule has 10 heteroatoms. The maximum atomic E-state index is 13.9. The van der Waals surface area contributed by atoms with Gasteiger partial charge in [0.2, 0.25) is 11.8 Å². The predicted molar refractivity (Wildman–Crippen MR) is 166 cm³/mol. The number of carboxylic acids is 1. The summed E-state index contributed by atoms with van der Waals surface area (Å²) in [5, 5.41) is 15.9.